The number of piperidine rings is 2. The molecule has 0 aliphatic carbocycles. The average molecular weight is 2070 g/mol. The van der Waals surface area contributed by atoms with E-state index < -0.39 is 0 Å². The highest BCUT2D eigenvalue weighted by Crippen LogP contribution is 2.39. The summed E-state index contributed by atoms with van der Waals surface area (Å²) in [4.78, 5) is 128. The number of carbonyl (C=O) groups excluding carboxylic acids is 4. The second kappa shape index (κ2) is 43.2. The fraction of sp³-hybridized carbons (Fsp3) is 0.451. The van der Waals surface area contributed by atoms with E-state index in [2.05, 4.69) is 233 Å². The molecule has 0 spiro atoms. The van der Waals surface area contributed by atoms with Crippen LogP contribution in [0.2, 0.25) is 0 Å². The molecule has 8 N–H and O–H groups in total. The summed E-state index contributed by atoms with van der Waals surface area (Å²) in [6.45, 7) is 40.9. The van der Waals surface area contributed by atoms with Crippen molar-refractivity contribution in [1.82, 2.24) is 88.2 Å². The molecule has 4 fully saturated rings. The molecule has 4 aliphatic rings. The van der Waals surface area contributed by atoms with Crippen molar-refractivity contribution >= 4 is 109 Å². The number of aryl methyl sites for hydroxylation is 8. The second-order valence-electron chi connectivity index (χ2n) is 37.3. The van der Waals surface area contributed by atoms with Crippen LogP contribution in [0.5, 0.6) is 0 Å². The van der Waals surface area contributed by atoms with Gasteiger partial charge in [-0.1, -0.05) is 0 Å². The number of amides is 4. The van der Waals surface area contributed by atoms with Crippen LogP contribution in [0.15, 0.2) is 135 Å². The van der Waals surface area contributed by atoms with Crippen LogP contribution in [0, 0.1) is 83.1 Å². The van der Waals surface area contributed by atoms with Crippen molar-refractivity contribution < 1.29 is 23.9 Å². The number of nitrogens with zero attached hydrogens (tertiary/aromatic N) is 10. The van der Waals surface area contributed by atoms with Gasteiger partial charge in [-0.05, 0) is 372 Å². The van der Waals surface area contributed by atoms with Gasteiger partial charge in [-0.25, -0.2) is 0 Å². The van der Waals surface area contributed by atoms with Gasteiger partial charge in [0.2, 0.25) is 0 Å². The number of aromatic nitrogens is 8. The first-order valence-corrected chi connectivity index (χ1v) is 49.2. The third-order valence-electron chi connectivity index (χ3n) is 27.9. The predicted octanol–water partition coefficient (Wildman–Crippen LogP) is 16.7. The van der Waals surface area contributed by atoms with Gasteiger partial charge in [0.1, 0.15) is 0 Å². The predicted molar refractivity (Wildman–Crippen MR) is 544 cm³/mol. The molecule has 16 heterocycles. The largest absolute Gasteiger partial charge is 0.381 e. The van der Waals surface area contributed by atoms with Gasteiger partial charge in [-0.3, -0.25) is 58.0 Å². The number of rotatable bonds is 23. The molecule has 27 nitrogen and oxygen atoms in total. The molecule has 710 valence electrons. The first-order chi connectivity index (χ1) is 63.1. The lowest BCUT2D eigenvalue weighted by Crippen LogP contribution is -2.57. The summed E-state index contributed by atoms with van der Waals surface area (Å²) < 4.78 is 18.2. The van der Waals surface area contributed by atoms with Crippen molar-refractivity contribution in [1.29, 1.82) is 0 Å². The normalized spacial score (nSPS) is 15.9. The first-order valence-electron chi connectivity index (χ1n) is 46.0. The number of H-pyrrole nitrogens is 4. The van der Waals surface area contributed by atoms with Crippen LogP contribution in [0.4, 0.5) is 0 Å². The third-order valence-corrected chi connectivity index (χ3v) is 29.6. The SMILES string of the molecule is COC1CCN(C(C)c2c(C)c(C(=O)NCc3c(C)cc(C)[nH]c3=O)cc3cc(Br)cn23)CC1.Cc1cc(C)c(CNC(=O)c2cc3cc(Br)cn3c(C(C)N3CC(N(C)C)C3)c2C)c(=O)[nH]1.Cc1cc(C)c(CNC(=O)c2cc3cc(Br)cn3c(C(C)N3CCC(N(C)C)CC3)c2C)c(=O)[nH]1.Cc1cc(C)c(CNC(=O)c2cc3cc(Br)cn3c(C(C)N3CCCC3)c2C)c(=O)[nH]1. The fourth-order valence-electron chi connectivity index (χ4n) is 20.1. The van der Waals surface area contributed by atoms with E-state index in [0.29, 0.717) is 62.7 Å². The Balaban J connectivity index is 0.000000151. The minimum absolute atomic E-state index is 0.134. The summed E-state index contributed by atoms with van der Waals surface area (Å²) in [6, 6.07) is 25.4. The number of ether oxygens (including phenoxy) is 1. The van der Waals surface area contributed by atoms with E-state index in [-0.39, 0.29) is 96.2 Å². The zero-order valence-corrected chi connectivity index (χ0v) is 87.0. The molecule has 0 aromatic carbocycles. The summed E-state index contributed by atoms with van der Waals surface area (Å²) in [5.41, 5.74) is 23.3. The number of carbonyl (C=O) groups is 4. The maximum absolute atomic E-state index is 13.4. The summed E-state index contributed by atoms with van der Waals surface area (Å²) in [7, 11) is 10.3. The molecule has 0 bridgehead atoms. The Hall–Kier alpha value is -9.64. The molecular weight excluding hydrogens is 1940 g/mol. The number of pyridine rings is 8. The standard InChI is InChI=1S/C27H36BrN5O2.C26H33BrN4O3.C25H32BrN5O2.C24H29BrN4O2/c1-16-11-17(2)30-27(35)24(16)14-29-26(34)23-13-22-12-20(28)15-33(22)25(18(23)3)19(4)32-9-7-21(8-10-32)31(5)6;1-15-10-16(2)29-26(33)23(15)13-28-25(32)22-12-20-11-19(27)14-31(20)24(17(22)3)18(4)30-8-6-21(34-5)7-9-30;1-14-7-15(2)28-25(33)22(14)10-27-24(32)21-9-19-8-18(26)11-31(19)23(16(21)3)17(4)30-12-20(13-30)29(5)6;1-14-9-15(2)27-24(31)21(14)12-26-23(30)20-11-19-10-18(25)13-29(19)22(16(20)3)17(4)28-7-5-6-8-28/h11-13,15,19,21H,7-10,14H2,1-6H3,(H,29,34)(H,30,35);10-12,14,18,21H,6-9,13H2,1-5H3,(H,28,32)(H,29,33);7-9,11,17,20H,10,12-13H2,1-6H3,(H,27,32)(H,28,33);9-11,13,17H,5-8,12H2,1-4H3,(H,26,30)(H,27,31). The molecule has 4 amide bonds. The van der Waals surface area contributed by atoms with Crippen LogP contribution in [0.1, 0.15) is 244 Å². The monoisotopic (exact) mass is 2070 g/mol. The van der Waals surface area contributed by atoms with Gasteiger partial charge in [-0.2, -0.15) is 0 Å². The Morgan fingerprint density at radius 1 is 0.361 bits per heavy atom. The lowest BCUT2D eigenvalue weighted by molar-refractivity contribution is 0.0286. The third kappa shape index (κ3) is 22.7. The van der Waals surface area contributed by atoms with Gasteiger partial charge >= 0.3 is 0 Å². The minimum atomic E-state index is -0.178. The zero-order chi connectivity index (χ0) is 96.3. The van der Waals surface area contributed by atoms with Crippen molar-refractivity contribution in [3.63, 3.8) is 0 Å². The van der Waals surface area contributed by atoms with E-state index in [9.17, 15) is 38.4 Å². The quantitative estimate of drug-likeness (QED) is 0.0295. The molecular formula is C102H130Br4N18O9. The summed E-state index contributed by atoms with van der Waals surface area (Å²) in [5.74, 6) is -0.675. The topological polar surface area (TPSA) is 294 Å². The Morgan fingerprint density at radius 2 is 0.602 bits per heavy atom. The molecule has 4 unspecified atom stereocenters. The van der Waals surface area contributed by atoms with Crippen LogP contribution in [0.3, 0.4) is 0 Å². The molecule has 0 radical (unpaired) electrons. The highest BCUT2D eigenvalue weighted by Gasteiger charge is 2.37. The maximum Gasteiger partial charge on any atom is 0.253 e. The number of likely N-dealkylation sites (N-methyl/N-ethyl adjacent to an activating group) is 1. The maximum atomic E-state index is 13.4. The lowest BCUT2D eigenvalue weighted by atomic mass is 9.97. The van der Waals surface area contributed by atoms with Crippen molar-refractivity contribution in [2.75, 3.05) is 87.7 Å². The molecule has 4 aliphatic heterocycles. The van der Waals surface area contributed by atoms with Crippen molar-refractivity contribution in [2.45, 2.75) is 218 Å². The summed E-state index contributed by atoms with van der Waals surface area (Å²) in [5, 5.41) is 11.9. The van der Waals surface area contributed by atoms with Gasteiger partial charge in [0.15, 0.2) is 0 Å². The van der Waals surface area contributed by atoms with Crippen LogP contribution in [0.25, 0.3) is 22.1 Å². The fourth-order valence-corrected chi connectivity index (χ4v) is 21.8. The van der Waals surface area contributed by atoms with E-state index in [0.717, 1.165) is 208 Å². The molecule has 4 saturated heterocycles. The number of aromatic amines is 4. The van der Waals surface area contributed by atoms with Crippen molar-refractivity contribution in [3.05, 3.63) is 291 Å². The van der Waals surface area contributed by atoms with E-state index in [4.69, 9.17) is 4.74 Å². The van der Waals surface area contributed by atoms with Gasteiger partial charge in [-0.15, -0.1) is 0 Å². The van der Waals surface area contributed by atoms with E-state index in [1.165, 1.54) is 12.8 Å². The number of fused-ring (bicyclic) bond motifs is 4. The number of likely N-dealkylation sites (tertiary alicyclic amines) is 4. The smallest absolute Gasteiger partial charge is 0.253 e. The second-order valence-corrected chi connectivity index (χ2v) is 41.0. The zero-order valence-electron chi connectivity index (χ0n) is 80.7. The van der Waals surface area contributed by atoms with Crippen LogP contribution in [-0.4, -0.2) is 196 Å². The number of nitrogens with one attached hydrogen (secondary N) is 8. The number of hydrogen-bond donors (Lipinski definition) is 8. The molecule has 16 rings (SSSR count). The average Bonchev–Trinajstić information content (AvgIpc) is 1.71. The minimum Gasteiger partial charge on any atom is -0.381 e. The van der Waals surface area contributed by atoms with Gasteiger partial charge in [0.25, 0.3) is 45.9 Å². The molecule has 31 heteroatoms. The first kappa shape index (κ1) is 101. The van der Waals surface area contributed by atoms with Crippen LogP contribution in [-0.2, 0) is 30.9 Å². The van der Waals surface area contributed by atoms with Crippen molar-refractivity contribution in [2.24, 2.45) is 0 Å². The van der Waals surface area contributed by atoms with Crippen LogP contribution < -0.4 is 43.5 Å². The van der Waals surface area contributed by atoms with E-state index in [1.807, 2.05) is 156 Å². The Labute approximate surface area is 812 Å². The Kier molecular flexibility index (Phi) is 32.7. The molecule has 0 saturated carbocycles. The highest BCUT2D eigenvalue weighted by atomic mass is 79.9. The van der Waals surface area contributed by atoms with Crippen molar-refractivity contribution in [3.8, 4) is 0 Å². The Bertz CT molecular complexity index is 6620. The van der Waals surface area contributed by atoms with Gasteiger partial charge in [0, 0.05) is 264 Å². The summed E-state index contributed by atoms with van der Waals surface area (Å²) in [6.07, 6.45) is 15.3. The summed E-state index contributed by atoms with van der Waals surface area (Å²) >= 11 is 14.4. The lowest BCUT2D eigenvalue weighted by Gasteiger charge is -2.46. The molecule has 12 aromatic rings. The number of halogens is 4. The highest BCUT2D eigenvalue weighted by molar-refractivity contribution is 9.11. The van der Waals surface area contributed by atoms with E-state index >= 15 is 0 Å². The number of methoxy groups -OCH3 is 1. The van der Waals surface area contributed by atoms with Crippen LogP contribution >= 0.6 is 63.7 Å². The Morgan fingerprint density at radius 3 is 0.842 bits per heavy atom. The van der Waals surface area contributed by atoms with E-state index in [1.54, 1.807) is 7.11 Å². The molecule has 12 aromatic heterocycles. The molecule has 133 heavy (non-hydrogen) atoms. The molecule has 4 atom stereocenters. The van der Waals surface area contributed by atoms with Gasteiger partial charge in [0.05, 0.1) is 6.10 Å². The van der Waals surface area contributed by atoms with Gasteiger partial charge < -0.3 is 73.3 Å². The number of hydrogen-bond acceptors (Lipinski definition) is 15.